The second-order valence-electron chi connectivity index (χ2n) is 4.59. The first-order valence-corrected chi connectivity index (χ1v) is 6.31. The molecule has 1 unspecified atom stereocenters. The van der Waals surface area contributed by atoms with Crippen molar-refractivity contribution in [3.05, 3.63) is 46.9 Å². The molecule has 1 atom stereocenters. The maximum Gasteiger partial charge on any atom is 0.271 e. The standard InChI is InChI=1S/C13H14ClN3O3/c1-8-3-4-10(20-8)13(2,19)6-16-12(18)11-9(14)5-15-7-17-11/h3-5,7,19H,6H2,1-2H3,(H,16,18). The second kappa shape index (κ2) is 5.60. The first-order chi connectivity index (χ1) is 9.40. The van der Waals surface area contributed by atoms with Gasteiger partial charge in [-0.25, -0.2) is 9.97 Å². The first-order valence-electron chi connectivity index (χ1n) is 5.93. The Balaban J connectivity index is 2.05. The van der Waals surface area contributed by atoms with Crippen LogP contribution in [0.4, 0.5) is 0 Å². The van der Waals surface area contributed by atoms with Crippen LogP contribution in [0.2, 0.25) is 5.02 Å². The average molecular weight is 296 g/mol. The van der Waals surface area contributed by atoms with Crippen molar-refractivity contribution in [3.8, 4) is 0 Å². The van der Waals surface area contributed by atoms with Crippen molar-refractivity contribution in [2.75, 3.05) is 6.54 Å². The lowest BCUT2D eigenvalue weighted by atomic mass is 10.0. The third kappa shape index (κ3) is 3.15. The largest absolute Gasteiger partial charge is 0.463 e. The minimum absolute atomic E-state index is 0.0287. The molecule has 0 bridgehead atoms. The lowest BCUT2D eigenvalue weighted by Crippen LogP contribution is -2.38. The third-order valence-electron chi connectivity index (χ3n) is 2.75. The fraction of sp³-hybridized carbons (Fsp3) is 0.308. The Labute approximate surface area is 120 Å². The van der Waals surface area contributed by atoms with Crippen LogP contribution >= 0.6 is 11.6 Å². The summed E-state index contributed by atoms with van der Waals surface area (Å²) in [6.45, 7) is 3.30. The number of halogens is 1. The maximum absolute atomic E-state index is 11.9. The lowest BCUT2D eigenvalue weighted by molar-refractivity contribution is 0.0322. The summed E-state index contributed by atoms with van der Waals surface area (Å²) in [4.78, 5) is 19.4. The summed E-state index contributed by atoms with van der Waals surface area (Å²) >= 11 is 5.82. The van der Waals surface area contributed by atoms with Gasteiger partial charge >= 0.3 is 0 Å². The van der Waals surface area contributed by atoms with Crippen LogP contribution in [0.15, 0.2) is 29.1 Å². The Hall–Kier alpha value is -1.92. The van der Waals surface area contributed by atoms with Crippen LogP contribution in [-0.4, -0.2) is 27.5 Å². The van der Waals surface area contributed by atoms with E-state index in [0.717, 1.165) is 0 Å². The van der Waals surface area contributed by atoms with Crippen molar-refractivity contribution in [2.45, 2.75) is 19.4 Å². The number of amides is 1. The molecule has 0 saturated carbocycles. The number of aliphatic hydroxyl groups is 1. The summed E-state index contributed by atoms with van der Waals surface area (Å²) in [5.74, 6) is 0.579. The summed E-state index contributed by atoms with van der Waals surface area (Å²) < 4.78 is 5.36. The first kappa shape index (κ1) is 14.5. The molecular weight excluding hydrogens is 282 g/mol. The molecular formula is C13H14ClN3O3. The number of carbonyl (C=O) groups is 1. The van der Waals surface area contributed by atoms with Crippen LogP contribution in [0.25, 0.3) is 0 Å². The van der Waals surface area contributed by atoms with E-state index in [4.69, 9.17) is 16.0 Å². The molecule has 0 fully saturated rings. The Bertz CT molecular complexity index is 625. The van der Waals surface area contributed by atoms with Crippen molar-refractivity contribution >= 4 is 17.5 Å². The molecule has 6 nitrogen and oxygen atoms in total. The van der Waals surface area contributed by atoms with Gasteiger partial charge in [-0.05, 0) is 26.0 Å². The number of hydrogen-bond donors (Lipinski definition) is 2. The van der Waals surface area contributed by atoms with Gasteiger partial charge in [-0.3, -0.25) is 4.79 Å². The van der Waals surface area contributed by atoms with Crippen LogP contribution in [-0.2, 0) is 5.60 Å². The smallest absolute Gasteiger partial charge is 0.271 e. The summed E-state index contributed by atoms with van der Waals surface area (Å²) in [6.07, 6.45) is 2.56. The zero-order chi connectivity index (χ0) is 14.8. The quantitative estimate of drug-likeness (QED) is 0.896. The van der Waals surface area contributed by atoms with Crippen LogP contribution < -0.4 is 5.32 Å². The number of aromatic nitrogens is 2. The van der Waals surface area contributed by atoms with Gasteiger partial charge < -0.3 is 14.8 Å². The van der Waals surface area contributed by atoms with E-state index >= 15 is 0 Å². The van der Waals surface area contributed by atoms with Gasteiger partial charge in [-0.1, -0.05) is 11.6 Å². The molecule has 0 radical (unpaired) electrons. The zero-order valence-corrected chi connectivity index (χ0v) is 11.8. The van der Waals surface area contributed by atoms with Gasteiger partial charge in [-0.15, -0.1) is 0 Å². The molecule has 2 N–H and O–H groups in total. The third-order valence-corrected chi connectivity index (χ3v) is 3.02. The molecule has 0 aliphatic carbocycles. The topological polar surface area (TPSA) is 88.2 Å². The highest BCUT2D eigenvalue weighted by Gasteiger charge is 2.28. The van der Waals surface area contributed by atoms with Crippen molar-refractivity contribution in [3.63, 3.8) is 0 Å². The molecule has 0 aliphatic heterocycles. The van der Waals surface area contributed by atoms with Gasteiger partial charge in [-0.2, -0.15) is 0 Å². The molecule has 0 saturated heterocycles. The fourth-order valence-electron chi connectivity index (χ4n) is 1.63. The summed E-state index contributed by atoms with van der Waals surface area (Å²) in [5, 5.41) is 13.0. The van der Waals surface area contributed by atoms with Gasteiger partial charge in [0.05, 0.1) is 11.6 Å². The number of aryl methyl sites for hydroxylation is 1. The normalized spacial score (nSPS) is 13.8. The predicted octanol–water partition coefficient (Wildman–Crippen LogP) is 1.67. The fourth-order valence-corrected chi connectivity index (χ4v) is 1.82. The Morgan fingerprint density at radius 3 is 2.90 bits per heavy atom. The van der Waals surface area contributed by atoms with Gasteiger partial charge in [0, 0.05) is 6.20 Å². The van der Waals surface area contributed by atoms with Gasteiger partial charge in [0.25, 0.3) is 5.91 Å². The van der Waals surface area contributed by atoms with Crippen molar-refractivity contribution in [1.82, 2.24) is 15.3 Å². The molecule has 0 spiro atoms. The van der Waals surface area contributed by atoms with Crippen LogP contribution in [0, 0.1) is 6.92 Å². The van der Waals surface area contributed by atoms with E-state index in [2.05, 4.69) is 15.3 Å². The summed E-state index contributed by atoms with van der Waals surface area (Å²) in [7, 11) is 0. The predicted molar refractivity (Wildman–Crippen MR) is 72.4 cm³/mol. The van der Waals surface area contributed by atoms with E-state index in [1.54, 1.807) is 26.0 Å². The van der Waals surface area contributed by atoms with Crippen molar-refractivity contribution in [2.24, 2.45) is 0 Å². The lowest BCUT2D eigenvalue weighted by Gasteiger charge is -2.21. The molecule has 2 rings (SSSR count). The number of nitrogens with one attached hydrogen (secondary N) is 1. The molecule has 20 heavy (non-hydrogen) atoms. The van der Waals surface area contributed by atoms with Crippen molar-refractivity contribution < 1.29 is 14.3 Å². The minimum atomic E-state index is -1.32. The average Bonchev–Trinajstić information content (AvgIpc) is 2.84. The molecule has 0 aliphatic rings. The minimum Gasteiger partial charge on any atom is -0.463 e. The molecule has 0 aromatic carbocycles. The SMILES string of the molecule is Cc1ccc(C(C)(O)CNC(=O)c2ncncc2Cl)o1. The van der Waals surface area contributed by atoms with Crippen molar-refractivity contribution in [1.29, 1.82) is 0 Å². The number of furan rings is 1. The van der Waals surface area contributed by atoms with Crippen LogP contribution in [0.3, 0.4) is 0 Å². The highest BCUT2D eigenvalue weighted by Crippen LogP contribution is 2.22. The molecule has 2 aromatic heterocycles. The number of carbonyl (C=O) groups excluding carboxylic acids is 1. The van der Waals surface area contributed by atoms with Crippen LogP contribution in [0.5, 0.6) is 0 Å². The molecule has 106 valence electrons. The van der Waals surface area contributed by atoms with Gasteiger partial charge in [0.1, 0.15) is 29.1 Å². The zero-order valence-electron chi connectivity index (χ0n) is 11.1. The number of hydrogen-bond acceptors (Lipinski definition) is 5. The highest BCUT2D eigenvalue weighted by atomic mass is 35.5. The summed E-state index contributed by atoms with van der Waals surface area (Å²) in [5.41, 5.74) is -1.25. The van der Waals surface area contributed by atoms with Crippen LogP contribution in [0.1, 0.15) is 28.9 Å². The Kier molecular flexibility index (Phi) is 4.06. The Morgan fingerprint density at radius 1 is 1.55 bits per heavy atom. The van der Waals surface area contributed by atoms with Gasteiger partial charge in [0.15, 0.2) is 0 Å². The highest BCUT2D eigenvalue weighted by molar-refractivity contribution is 6.33. The van der Waals surface area contributed by atoms with E-state index in [-0.39, 0.29) is 17.3 Å². The molecule has 7 heteroatoms. The van der Waals surface area contributed by atoms with E-state index in [1.807, 2.05) is 0 Å². The summed E-state index contributed by atoms with van der Waals surface area (Å²) in [6, 6.07) is 3.41. The van der Waals surface area contributed by atoms with E-state index < -0.39 is 11.5 Å². The van der Waals surface area contributed by atoms with E-state index in [1.165, 1.54) is 12.5 Å². The van der Waals surface area contributed by atoms with E-state index in [9.17, 15) is 9.90 Å². The molecule has 1 amide bonds. The number of nitrogens with zero attached hydrogens (tertiary/aromatic N) is 2. The maximum atomic E-state index is 11.9. The molecule has 2 aromatic rings. The van der Waals surface area contributed by atoms with Gasteiger partial charge in [0.2, 0.25) is 0 Å². The Morgan fingerprint density at radius 2 is 2.30 bits per heavy atom. The number of rotatable bonds is 4. The second-order valence-corrected chi connectivity index (χ2v) is 4.99. The molecule has 2 heterocycles. The monoisotopic (exact) mass is 295 g/mol. The van der Waals surface area contributed by atoms with E-state index in [0.29, 0.717) is 11.5 Å².